The van der Waals surface area contributed by atoms with Gasteiger partial charge in [-0.3, -0.25) is 0 Å². The first-order chi connectivity index (χ1) is 18.1. The maximum absolute atomic E-state index is 12.5. The molecule has 0 bridgehead atoms. The Morgan fingerprint density at radius 2 is 1.57 bits per heavy atom. The van der Waals surface area contributed by atoms with Crippen molar-refractivity contribution in [1.82, 2.24) is 24.8 Å². The van der Waals surface area contributed by atoms with Gasteiger partial charge in [-0.1, -0.05) is 41.6 Å². The van der Waals surface area contributed by atoms with E-state index in [9.17, 15) is 4.79 Å². The molecule has 9 nitrogen and oxygen atoms in total. The van der Waals surface area contributed by atoms with Crippen LogP contribution in [0, 0.1) is 0 Å². The van der Waals surface area contributed by atoms with E-state index in [1.54, 1.807) is 20.2 Å². The molecule has 2 aromatic heterocycles. The molecule has 0 fully saturated rings. The van der Waals surface area contributed by atoms with Crippen LogP contribution in [0.25, 0.3) is 16.8 Å². The topological polar surface area (TPSA) is 93.3 Å². The van der Waals surface area contributed by atoms with E-state index in [2.05, 4.69) is 15.4 Å². The van der Waals surface area contributed by atoms with Gasteiger partial charge in [0.1, 0.15) is 11.5 Å². The number of carbonyl (C=O) groups is 1. The molecule has 0 N–H and O–H groups in total. The standard InChI is InChI=1S/C28H25N5O4/c1-3-36-28(34)26-27(33(31-30-26)19-20-5-13-24(35-2)14-6-20)37-25-15-9-22(10-16-25)21-7-11-23(12-8-21)32-18-4-17-29-32/h4-18H,3,19H2,1-2H3. The lowest BCUT2D eigenvalue weighted by Gasteiger charge is -2.11. The normalized spacial score (nSPS) is 10.8. The smallest absolute Gasteiger partial charge is 0.364 e. The number of nitrogens with zero attached hydrogens (tertiary/aromatic N) is 5. The number of benzene rings is 3. The average Bonchev–Trinajstić information content (AvgIpc) is 3.61. The Morgan fingerprint density at radius 1 is 0.892 bits per heavy atom. The van der Waals surface area contributed by atoms with Gasteiger partial charge < -0.3 is 14.2 Å². The molecular weight excluding hydrogens is 470 g/mol. The van der Waals surface area contributed by atoms with Crippen molar-refractivity contribution in [2.75, 3.05) is 13.7 Å². The monoisotopic (exact) mass is 495 g/mol. The molecule has 0 aliphatic heterocycles. The number of hydrogen-bond donors (Lipinski definition) is 0. The van der Waals surface area contributed by atoms with Crippen molar-refractivity contribution in [3.05, 3.63) is 103 Å². The van der Waals surface area contributed by atoms with Crippen LogP contribution >= 0.6 is 0 Å². The first kappa shape index (κ1) is 23.8. The third kappa shape index (κ3) is 5.35. The average molecular weight is 496 g/mol. The zero-order valence-electron chi connectivity index (χ0n) is 20.4. The van der Waals surface area contributed by atoms with Crippen molar-refractivity contribution < 1.29 is 19.0 Å². The number of methoxy groups -OCH3 is 1. The third-order valence-corrected chi connectivity index (χ3v) is 5.69. The number of ether oxygens (including phenoxy) is 3. The number of rotatable bonds is 9. The minimum atomic E-state index is -0.590. The number of hydrogen-bond acceptors (Lipinski definition) is 7. The molecule has 37 heavy (non-hydrogen) atoms. The van der Waals surface area contributed by atoms with Gasteiger partial charge in [0.15, 0.2) is 0 Å². The van der Waals surface area contributed by atoms with Gasteiger partial charge in [0, 0.05) is 12.4 Å². The molecule has 0 atom stereocenters. The summed E-state index contributed by atoms with van der Waals surface area (Å²) in [6.07, 6.45) is 3.65. The Balaban J connectivity index is 1.37. The molecular formula is C28H25N5O4. The predicted molar refractivity (Wildman–Crippen MR) is 137 cm³/mol. The molecule has 0 unspecified atom stereocenters. The van der Waals surface area contributed by atoms with Crippen LogP contribution in [0.5, 0.6) is 17.4 Å². The quantitative estimate of drug-likeness (QED) is 0.261. The minimum absolute atomic E-state index is 0.0219. The molecule has 0 aliphatic carbocycles. The van der Waals surface area contributed by atoms with Gasteiger partial charge in [-0.2, -0.15) is 5.10 Å². The lowest BCUT2D eigenvalue weighted by Crippen LogP contribution is -2.09. The van der Waals surface area contributed by atoms with E-state index in [0.29, 0.717) is 12.3 Å². The highest BCUT2D eigenvalue weighted by atomic mass is 16.5. The Kier molecular flexibility index (Phi) is 6.93. The van der Waals surface area contributed by atoms with Crippen LogP contribution < -0.4 is 9.47 Å². The predicted octanol–water partition coefficient (Wildman–Crippen LogP) is 5.16. The highest BCUT2D eigenvalue weighted by Gasteiger charge is 2.23. The second-order valence-electron chi connectivity index (χ2n) is 8.09. The SMILES string of the molecule is CCOC(=O)c1nnn(Cc2ccc(OC)cc2)c1Oc1ccc(-c2ccc(-n3cccn3)cc2)cc1. The van der Waals surface area contributed by atoms with Gasteiger partial charge >= 0.3 is 5.97 Å². The summed E-state index contributed by atoms with van der Waals surface area (Å²) in [5.41, 5.74) is 4.03. The molecule has 0 aliphatic rings. The van der Waals surface area contributed by atoms with E-state index < -0.39 is 5.97 Å². The Hall–Kier alpha value is -4.92. The van der Waals surface area contributed by atoms with Gasteiger partial charge in [0.05, 0.1) is 25.9 Å². The summed E-state index contributed by atoms with van der Waals surface area (Å²) in [6.45, 7) is 2.31. The van der Waals surface area contributed by atoms with E-state index >= 15 is 0 Å². The van der Waals surface area contributed by atoms with Crippen LogP contribution in [-0.4, -0.2) is 44.5 Å². The largest absolute Gasteiger partial charge is 0.497 e. The van der Waals surface area contributed by atoms with Crippen molar-refractivity contribution in [2.24, 2.45) is 0 Å². The van der Waals surface area contributed by atoms with Crippen LogP contribution in [0.4, 0.5) is 0 Å². The number of esters is 1. The van der Waals surface area contributed by atoms with E-state index in [-0.39, 0.29) is 18.2 Å². The summed E-state index contributed by atoms with van der Waals surface area (Å²) in [4.78, 5) is 12.5. The van der Waals surface area contributed by atoms with Crippen molar-refractivity contribution in [3.63, 3.8) is 0 Å². The van der Waals surface area contributed by atoms with Crippen molar-refractivity contribution >= 4 is 5.97 Å². The molecule has 0 spiro atoms. The number of carbonyl (C=O) groups excluding carboxylic acids is 1. The summed E-state index contributed by atoms with van der Waals surface area (Å²) < 4.78 is 19.9. The Morgan fingerprint density at radius 3 is 2.19 bits per heavy atom. The van der Waals surface area contributed by atoms with E-state index in [4.69, 9.17) is 14.2 Å². The first-order valence-corrected chi connectivity index (χ1v) is 11.8. The van der Waals surface area contributed by atoms with Gasteiger partial charge in [0.25, 0.3) is 5.88 Å². The molecule has 3 aromatic carbocycles. The maximum atomic E-state index is 12.5. The molecule has 0 saturated heterocycles. The maximum Gasteiger partial charge on any atom is 0.364 e. The van der Waals surface area contributed by atoms with Crippen molar-refractivity contribution in [1.29, 1.82) is 0 Å². The third-order valence-electron chi connectivity index (χ3n) is 5.69. The van der Waals surface area contributed by atoms with E-state index in [1.807, 2.05) is 89.7 Å². The molecule has 0 radical (unpaired) electrons. The van der Waals surface area contributed by atoms with Gasteiger partial charge in [-0.05, 0) is 66.1 Å². The molecule has 9 heteroatoms. The summed E-state index contributed by atoms with van der Waals surface area (Å²) >= 11 is 0. The molecule has 0 amide bonds. The van der Waals surface area contributed by atoms with Gasteiger partial charge in [-0.15, -0.1) is 5.10 Å². The second kappa shape index (κ2) is 10.8. The minimum Gasteiger partial charge on any atom is -0.497 e. The lowest BCUT2D eigenvalue weighted by atomic mass is 10.1. The zero-order valence-corrected chi connectivity index (χ0v) is 20.4. The summed E-state index contributed by atoms with van der Waals surface area (Å²) in [5.74, 6) is 0.917. The van der Waals surface area contributed by atoms with Gasteiger partial charge in [-0.25, -0.2) is 14.2 Å². The fraction of sp³-hybridized carbons (Fsp3) is 0.143. The fourth-order valence-corrected chi connectivity index (χ4v) is 3.80. The van der Waals surface area contributed by atoms with Crippen LogP contribution in [0.1, 0.15) is 23.0 Å². The summed E-state index contributed by atoms with van der Waals surface area (Å²) in [7, 11) is 1.62. The fourth-order valence-electron chi connectivity index (χ4n) is 3.80. The van der Waals surface area contributed by atoms with E-state index in [0.717, 1.165) is 28.1 Å². The molecule has 186 valence electrons. The highest BCUT2D eigenvalue weighted by Crippen LogP contribution is 2.29. The lowest BCUT2D eigenvalue weighted by molar-refractivity contribution is 0.0516. The van der Waals surface area contributed by atoms with Crippen LogP contribution in [0.15, 0.2) is 91.3 Å². The van der Waals surface area contributed by atoms with Crippen LogP contribution in [-0.2, 0) is 11.3 Å². The van der Waals surface area contributed by atoms with E-state index in [1.165, 1.54) is 4.68 Å². The Bertz CT molecular complexity index is 1460. The molecule has 0 saturated carbocycles. The zero-order chi connectivity index (χ0) is 25.6. The van der Waals surface area contributed by atoms with Crippen molar-refractivity contribution in [3.8, 4) is 34.2 Å². The first-order valence-electron chi connectivity index (χ1n) is 11.8. The highest BCUT2D eigenvalue weighted by molar-refractivity contribution is 5.89. The van der Waals surface area contributed by atoms with Crippen LogP contribution in [0.2, 0.25) is 0 Å². The summed E-state index contributed by atoms with van der Waals surface area (Å²) in [5, 5.41) is 12.4. The molecule has 5 aromatic rings. The molecule has 2 heterocycles. The Labute approximate surface area is 213 Å². The molecule has 5 rings (SSSR count). The summed E-state index contributed by atoms with van der Waals surface area (Å²) in [6, 6.07) is 25.2. The second-order valence-corrected chi connectivity index (χ2v) is 8.09. The van der Waals surface area contributed by atoms with Crippen molar-refractivity contribution in [2.45, 2.75) is 13.5 Å². The van der Waals surface area contributed by atoms with Gasteiger partial charge in [0.2, 0.25) is 5.69 Å². The van der Waals surface area contributed by atoms with Crippen LogP contribution in [0.3, 0.4) is 0 Å². The number of aromatic nitrogens is 5.